The molecule has 0 rings (SSSR count). The second-order valence-electron chi connectivity index (χ2n) is 4.56. The summed E-state index contributed by atoms with van der Waals surface area (Å²) in [6.45, 7) is 19.9. The fraction of sp³-hybridized carbons (Fsp3) is 0.375. The monoisotopic (exact) mass is 216 g/mol. The molecule has 16 heavy (non-hydrogen) atoms. The molecule has 0 aliphatic rings. The van der Waals surface area contributed by atoms with Crippen molar-refractivity contribution in [1.29, 1.82) is 0 Å². The molecule has 0 nitrogen and oxygen atoms in total. The quantitative estimate of drug-likeness (QED) is 0.378. The van der Waals surface area contributed by atoms with E-state index in [1.807, 2.05) is 13.8 Å². The first-order valence-corrected chi connectivity index (χ1v) is 5.74. The molecule has 0 saturated carbocycles. The smallest absolute Gasteiger partial charge is 0.0248 e. The van der Waals surface area contributed by atoms with Crippen molar-refractivity contribution in [2.24, 2.45) is 0 Å². The van der Waals surface area contributed by atoms with Gasteiger partial charge in [-0.2, -0.15) is 0 Å². The highest BCUT2D eigenvalue weighted by Gasteiger charge is 1.93. The van der Waals surface area contributed by atoms with Gasteiger partial charge < -0.3 is 0 Å². The maximum absolute atomic E-state index is 4.01. The lowest BCUT2D eigenvalue weighted by Crippen LogP contribution is -1.82. The van der Waals surface area contributed by atoms with Gasteiger partial charge in [0.25, 0.3) is 0 Å². The molecule has 0 aromatic carbocycles. The molecule has 0 atom stereocenters. The van der Waals surface area contributed by atoms with E-state index in [0.717, 1.165) is 36.8 Å². The van der Waals surface area contributed by atoms with Crippen LogP contribution in [0.5, 0.6) is 0 Å². The van der Waals surface area contributed by atoms with Crippen molar-refractivity contribution >= 4 is 0 Å². The van der Waals surface area contributed by atoms with Crippen LogP contribution in [-0.2, 0) is 0 Å². The summed E-state index contributed by atoms with van der Waals surface area (Å²) in [5.41, 5.74) is 4.69. The predicted molar refractivity (Wildman–Crippen MR) is 75.5 cm³/mol. The molecule has 0 fully saturated rings. The van der Waals surface area contributed by atoms with Crippen LogP contribution in [0.3, 0.4) is 0 Å². The first-order valence-electron chi connectivity index (χ1n) is 5.74. The molecule has 0 aliphatic heterocycles. The highest BCUT2D eigenvalue weighted by molar-refractivity contribution is 5.25. The summed E-state index contributed by atoms with van der Waals surface area (Å²) < 4.78 is 0. The maximum atomic E-state index is 4.01. The van der Waals surface area contributed by atoms with Gasteiger partial charge in [-0.1, -0.05) is 47.6 Å². The zero-order valence-corrected chi connectivity index (χ0v) is 10.8. The third-order valence-electron chi connectivity index (χ3n) is 2.30. The molecular formula is C16H24. The minimum Gasteiger partial charge on any atom is -0.100 e. The lowest BCUT2D eigenvalue weighted by atomic mass is 10.0. The summed E-state index contributed by atoms with van der Waals surface area (Å²) in [4.78, 5) is 0. The molecule has 0 amide bonds. The van der Waals surface area contributed by atoms with E-state index in [1.165, 1.54) is 11.1 Å². The van der Waals surface area contributed by atoms with Gasteiger partial charge in [0.1, 0.15) is 0 Å². The first kappa shape index (κ1) is 14.7. The van der Waals surface area contributed by atoms with Crippen molar-refractivity contribution < 1.29 is 0 Å². The summed E-state index contributed by atoms with van der Waals surface area (Å²) in [5, 5.41) is 0. The minimum absolute atomic E-state index is 0.986. The summed E-state index contributed by atoms with van der Waals surface area (Å²) in [6, 6.07) is 0. The molecule has 88 valence electrons. The molecule has 0 bridgehead atoms. The Kier molecular flexibility index (Phi) is 7.28. The lowest BCUT2D eigenvalue weighted by Gasteiger charge is -2.02. The van der Waals surface area contributed by atoms with E-state index in [0.29, 0.717) is 0 Å². The third-order valence-corrected chi connectivity index (χ3v) is 2.30. The van der Waals surface area contributed by atoms with Crippen molar-refractivity contribution in [2.45, 2.75) is 39.5 Å². The highest BCUT2D eigenvalue weighted by atomic mass is 14.0. The van der Waals surface area contributed by atoms with Crippen LogP contribution < -0.4 is 0 Å². The van der Waals surface area contributed by atoms with E-state index in [2.05, 4.69) is 38.5 Å². The number of hydrogen-bond donors (Lipinski definition) is 0. The molecule has 0 aliphatic carbocycles. The highest BCUT2D eigenvalue weighted by Crippen LogP contribution is 2.13. The van der Waals surface area contributed by atoms with E-state index in [1.54, 1.807) is 0 Å². The van der Waals surface area contributed by atoms with Crippen LogP contribution in [0.4, 0.5) is 0 Å². The molecule has 0 radical (unpaired) electrons. The van der Waals surface area contributed by atoms with Gasteiger partial charge in [-0.15, -0.1) is 13.2 Å². The molecule has 0 heterocycles. The summed E-state index contributed by atoms with van der Waals surface area (Å²) in [6.07, 6.45) is 8.12. The SMILES string of the molecule is C=C(C)CCC(=C)C=CC(=C)CCC(=C)C. The number of hydrogen-bond acceptors (Lipinski definition) is 0. The maximum Gasteiger partial charge on any atom is -0.0248 e. The Labute approximate surface area is 101 Å². The second kappa shape index (κ2) is 7.92. The molecule has 0 unspecified atom stereocenters. The van der Waals surface area contributed by atoms with Crippen LogP contribution in [0, 0.1) is 0 Å². The largest absolute Gasteiger partial charge is 0.100 e. The first-order chi connectivity index (χ1) is 7.41. The van der Waals surface area contributed by atoms with Crippen molar-refractivity contribution in [1.82, 2.24) is 0 Å². The Morgan fingerprint density at radius 3 is 1.25 bits per heavy atom. The minimum atomic E-state index is 0.986. The van der Waals surface area contributed by atoms with E-state index in [9.17, 15) is 0 Å². The van der Waals surface area contributed by atoms with Gasteiger partial charge >= 0.3 is 0 Å². The zero-order chi connectivity index (χ0) is 12.6. The lowest BCUT2D eigenvalue weighted by molar-refractivity contribution is 0.944. The summed E-state index contributed by atoms with van der Waals surface area (Å²) in [7, 11) is 0. The van der Waals surface area contributed by atoms with Crippen LogP contribution in [0.15, 0.2) is 60.8 Å². The normalized spacial score (nSPS) is 10.4. The molecule has 0 aromatic heterocycles. The van der Waals surface area contributed by atoms with Crippen molar-refractivity contribution in [3.05, 3.63) is 60.8 Å². The van der Waals surface area contributed by atoms with Gasteiger partial charge in [-0.05, 0) is 39.5 Å². The fourth-order valence-corrected chi connectivity index (χ4v) is 1.15. The van der Waals surface area contributed by atoms with E-state index >= 15 is 0 Å². The van der Waals surface area contributed by atoms with Gasteiger partial charge in [0.15, 0.2) is 0 Å². The number of rotatable bonds is 8. The molecule has 0 spiro atoms. The van der Waals surface area contributed by atoms with Crippen LogP contribution in [-0.4, -0.2) is 0 Å². The third kappa shape index (κ3) is 9.26. The van der Waals surface area contributed by atoms with Crippen LogP contribution >= 0.6 is 0 Å². The van der Waals surface area contributed by atoms with Gasteiger partial charge in [0, 0.05) is 0 Å². The topological polar surface area (TPSA) is 0 Å². The molecule has 0 saturated heterocycles. The van der Waals surface area contributed by atoms with Crippen LogP contribution in [0.1, 0.15) is 39.5 Å². The van der Waals surface area contributed by atoms with Crippen molar-refractivity contribution in [3.63, 3.8) is 0 Å². The van der Waals surface area contributed by atoms with Gasteiger partial charge in [0.05, 0.1) is 0 Å². The molecule has 0 heteroatoms. The Bertz CT molecular complexity index is 281. The molecular weight excluding hydrogens is 192 g/mol. The average Bonchev–Trinajstić information content (AvgIpc) is 2.20. The van der Waals surface area contributed by atoms with Crippen LogP contribution in [0.25, 0.3) is 0 Å². The van der Waals surface area contributed by atoms with Gasteiger partial charge in [-0.3, -0.25) is 0 Å². The Morgan fingerprint density at radius 2 is 1.00 bits per heavy atom. The second-order valence-corrected chi connectivity index (χ2v) is 4.56. The molecule has 0 aromatic rings. The fourth-order valence-electron chi connectivity index (χ4n) is 1.15. The standard InChI is InChI=1S/C16H24/c1-13(2)7-9-15(5)11-12-16(6)10-8-14(3)4/h11-12H,1,3,5-10H2,2,4H3. The van der Waals surface area contributed by atoms with E-state index < -0.39 is 0 Å². The van der Waals surface area contributed by atoms with E-state index in [4.69, 9.17) is 0 Å². The summed E-state index contributed by atoms with van der Waals surface area (Å²) >= 11 is 0. The Balaban J connectivity index is 3.88. The Morgan fingerprint density at radius 1 is 0.688 bits per heavy atom. The zero-order valence-electron chi connectivity index (χ0n) is 10.8. The number of allylic oxidation sites excluding steroid dienone is 6. The predicted octanol–water partition coefficient (Wildman–Crippen LogP) is 5.37. The average molecular weight is 216 g/mol. The van der Waals surface area contributed by atoms with Gasteiger partial charge in [0.2, 0.25) is 0 Å². The van der Waals surface area contributed by atoms with Crippen molar-refractivity contribution in [2.75, 3.05) is 0 Å². The van der Waals surface area contributed by atoms with Crippen LogP contribution in [0.2, 0.25) is 0 Å². The van der Waals surface area contributed by atoms with Crippen molar-refractivity contribution in [3.8, 4) is 0 Å². The summed E-state index contributed by atoms with van der Waals surface area (Å²) in [5.74, 6) is 0. The van der Waals surface area contributed by atoms with Gasteiger partial charge in [-0.25, -0.2) is 0 Å². The Hall–Kier alpha value is -1.30. The molecule has 0 N–H and O–H groups in total. The van der Waals surface area contributed by atoms with E-state index in [-0.39, 0.29) is 0 Å².